The quantitative estimate of drug-likeness (QED) is 0.573. The number of carbonyl (C=O) groups excluding carboxylic acids is 2. The highest BCUT2D eigenvalue weighted by molar-refractivity contribution is 7.78. The van der Waals surface area contributed by atoms with Gasteiger partial charge >= 0.3 is 0 Å². The molecule has 1 aromatic rings. The van der Waals surface area contributed by atoms with Crippen molar-refractivity contribution in [3.8, 4) is 0 Å². The molecule has 0 aliphatic carbocycles. The average Bonchev–Trinajstić information content (AvgIpc) is 2.36. The summed E-state index contributed by atoms with van der Waals surface area (Å²) < 4.78 is 15.2. The van der Waals surface area contributed by atoms with Crippen molar-refractivity contribution in [1.29, 1.82) is 0 Å². The number of carbonyl (C=O) groups is 2. The molecule has 0 bridgehead atoms. The molecule has 2 N–H and O–H groups in total. The first-order chi connectivity index (χ1) is 8.58. The van der Waals surface area contributed by atoms with Crippen LogP contribution in [0.1, 0.15) is 22.8 Å². The Morgan fingerprint density at radius 1 is 1.44 bits per heavy atom. The molecule has 0 atom stereocenters. The zero-order valence-corrected chi connectivity index (χ0v) is 10.6. The highest BCUT2D eigenvalue weighted by Gasteiger charge is 2.09. The lowest BCUT2D eigenvalue weighted by atomic mass is 10.1. The van der Waals surface area contributed by atoms with Gasteiger partial charge in [0.2, 0.25) is 5.91 Å². The maximum atomic E-state index is 13.1. The fraction of sp³-hybridized carbons (Fsp3) is 0.167. The van der Waals surface area contributed by atoms with Crippen molar-refractivity contribution in [1.82, 2.24) is 10.0 Å². The van der Waals surface area contributed by atoms with Gasteiger partial charge in [0.1, 0.15) is 5.82 Å². The molecule has 0 aliphatic rings. The Morgan fingerprint density at radius 3 is 2.78 bits per heavy atom. The SMILES string of the molecule is CCNC(=O)C=Cc1ccc(F)cc1C(=O)NS. The Labute approximate surface area is 110 Å². The topological polar surface area (TPSA) is 58.2 Å². The van der Waals surface area contributed by atoms with Crippen LogP contribution in [0.25, 0.3) is 6.08 Å². The molecule has 0 saturated carbocycles. The van der Waals surface area contributed by atoms with Gasteiger partial charge in [-0.15, -0.1) is 0 Å². The number of amides is 2. The summed E-state index contributed by atoms with van der Waals surface area (Å²) in [4.78, 5) is 22.7. The van der Waals surface area contributed by atoms with Crippen molar-refractivity contribution in [3.05, 3.63) is 41.2 Å². The molecule has 1 rings (SSSR count). The summed E-state index contributed by atoms with van der Waals surface area (Å²) in [6.07, 6.45) is 2.73. The molecule has 0 heterocycles. The van der Waals surface area contributed by atoms with Gasteiger partial charge in [-0.05, 0) is 30.7 Å². The molecule has 1 aromatic carbocycles. The first kappa shape index (κ1) is 14.2. The summed E-state index contributed by atoms with van der Waals surface area (Å²) in [5.74, 6) is -1.34. The molecular formula is C12H13FN2O2S. The maximum Gasteiger partial charge on any atom is 0.261 e. The van der Waals surface area contributed by atoms with Crippen molar-refractivity contribution < 1.29 is 14.0 Å². The number of hydrogen-bond acceptors (Lipinski definition) is 3. The molecule has 0 radical (unpaired) electrons. The number of thiol groups is 1. The standard InChI is InChI=1S/C12H13FN2O2S/c1-2-14-11(16)6-4-8-3-5-9(13)7-10(8)12(17)15-18/h3-7,18H,2H2,1H3,(H,14,16)(H,15,17). The largest absolute Gasteiger partial charge is 0.353 e. The van der Waals surface area contributed by atoms with Crippen molar-refractivity contribution in [2.75, 3.05) is 6.54 Å². The third kappa shape index (κ3) is 3.89. The van der Waals surface area contributed by atoms with E-state index in [-0.39, 0.29) is 11.5 Å². The molecule has 0 aromatic heterocycles. The van der Waals surface area contributed by atoms with Gasteiger partial charge in [0, 0.05) is 12.6 Å². The molecule has 2 amide bonds. The van der Waals surface area contributed by atoms with Crippen molar-refractivity contribution in [3.63, 3.8) is 0 Å². The molecule has 6 heteroatoms. The van der Waals surface area contributed by atoms with E-state index in [1.54, 1.807) is 6.92 Å². The average molecular weight is 268 g/mol. The highest BCUT2D eigenvalue weighted by Crippen LogP contribution is 2.13. The molecule has 0 unspecified atom stereocenters. The number of benzene rings is 1. The van der Waals surface area contributed by atoms with Crippen molar-refractivity contribution in [2.24, 2.45) is 0 Å². The van der Waals surface area contributed by atoms with E-state index in [9.17, 15) is 14.0 Å². The van der Waals surface area contributed by atoms with E-state index in [1.165, 1.54) is 24.3 Å². The third-order valence-electron chi connectivity index (χ3n) is 2.13. The van der Waals surface area contributed by atoms with Crippen LogP contribution in [-0.2, 0) is 4.79 Å². The lowest BCUT2D eigenvalue weighted by Crippen LogP contribution is -2.20. The van der Waals surface area contributed by atoms with Crippen LogP contribution >= 0.6 is 12.8 Å². The smallest absolute Gasteiger partial charge is 0.261 e. The van der Waals surface area contributed by atoms with Crippen LogP contribution in [0, 0.1) is 5.82 Å². The van der Waals surface area contributed by atoms with Crippen LogP contribution in [0.3, 0.4) is 0 Å². The minimum atomic E-state index is -0.534. The minimum Gasteiger partial charge on any atom is -0.353 e. The Morgan fingerprint density at radius 2 is 2.17 bits per heavy atom. The molecule has 0 fully saturated rings. The molecule has 4 nitrogen and oxygen atoms in total. The second-order valence-corrected chi connectivity index (χ2v) is 3.62. The van der Waals surface area contributed by atoms with Gasteiger partial charge in [0.05, 0.1) is 5.56 Å². The zero-order chi connectivity index (χ0) is 13.5. The fourth-order valence-electron chi connectivity index (χ4n) is 1.33. The van der Waals surface area contributed by atoms with E-state index < -0.39 is 11.7 Å². The molecule has 96 valence electrons. The van der Waals surface area contributed by atoms with Gasteiger partial charge in [0.15, 0.2) is 0 Å². The van der Waals surface area contributed by atoms with Crippen LogP contribution in [0.15, 0.2) is 24.3 Å². The monoisotopic (exact) mass is 268 g/mol. The first-order valence-corrected chi connectivity index (χ1v) is 5.73. The predicted molar refractivity (Wildman–Crippen MR) is 70.6 cm³/mol. The summed E-state index contributed by atoms with van der Waals surface area (Å²) in [5.41, 5.74) is 0.555. The third-order valence-corrected chi connectivity index (χ3v) is 2.33. The van der Waals surface area contributed by atoms with E-state index in [1.807, 2.05) is 0 Å². The van der Waals surface area contributed by atoms with E-state index in [0.717, 1.165) is 6.07 Å². The summed E-state index contributed by atoms with van der Waals surface area (Å²) >= 11 is 3.63. The van der Waals surface area contributed by atoms with Crippen LogP contribution in [0.5, 0.6) is 0 Å². The van der Waals surface area contributed by atoms with Gasteiger partial charge in [-0.2, -0.15) is 0 Å². The van der Waals surface area contributed by atoms with Gasteiger partial charge in [-0.25, -0.2) is 4.39 Å². The zero-order valence-electron chi connectivity index (χ0n) is 9.74. The van der Waals surface area contributed by atoms with E-state index in [0.29, 0.717) is 12.1 Å². The molecule has 0 saturated heterocycles. The Balaban J connectivity index is 3.01. The second kappa shape index (κ2) is 6.80. The molecule has 0 spiro atoms. The van der Waals surface area contributed by atoms with Crippen LogP contribution < -0.4 is 10.0 Å². The van der Waals surface area contributed by atoms with Gasteiger partial charge in [-0.3, -0.25) is 14.3 Å². The van der Waals surface area contributed by atoms with E-state index >= 15 is 0 Å². The van der Waals surface area contributed by atoms with Crippen molar-refractivity contribution in [2.45, 2.75) is 6.92 Å². The number of halogens is 1. The summed E-state index contributed by atoms with van der Waals surface area (Å²) in [6.45, 7) is 2.31. The maximum absolute atomic E-state index is 13.1. The molecule has 0 aliphatic heterocycles. The van der Waals surface area contributed by atoms with Crippen LogP contribution in [0.2, 0.25) is 0 Å². The molecule has 18 heavy (non-hydrogen) atoms. The first-order valence-electron chi connectivity index (χ1n) is 5.28. The number of rotatable bonds is 4. The highest BCUT2D eigenvalue weighted by atomic mass is 32.1. The molecular weight excluding hydrogens is 255 g/mol. The normalized spacial score (nSPS) is 10.4. The van der Waals surface area contributed by atoms with Crippen molar-refractivity contribution >= 4 is 30.7 Å². The van der Waals surface area contributed by atoms with Gasteiger partial charge in [-0.1, -0.05) is 18.9 Å². The Hall–Kier alpha value is -1.82. The summed E-state index contributed by atoms with van der Waals surface area (Å²) in [6, 6.07) is 3.72. The fourth-order valence-corrected chi connectivity index (χ4v) is 1.45. The number of hydrogen-bond donors (Lipinski definition) is 3. The van der Waals surface area contributed by atoms with Crippen LogP contribution in [0.4, 0.5) is 4.39 Å². The number of likely N-dealkylation sites (N-methyl/N-ethyl adjacent to an activating group) is 1. The summed E-state index contributed by atoms with van der Waals surface area (Å²) in [7, 11) is 0. The Kier molecular flexibility index (Phi) is 5.38. The lowest BCUT2D eigenvalue weighted by Gasteiger charge is -2.04. The minimum absolute atomic E-state index is 0.116. The Bertz CT molecular complexity index is 489. The summed E-state index contributed by atoms with van der Waals surface area (Å²) in [5, 5.41) is 2.57. The van der Waals surface area contributed by atoms with E-state index in [2.05, 4.69) is 22.9 Å². The van der Waals surface area contributed by atoms with Crippen LogP contribution in [-0.4, -0.2) is 18.4 Å². The number of nitrogens with one attached hydrogen (secondary N) is 2. The lowest BCUT2D eigenvalue weighted by molar-refractivity contribution is -0.116. The second-order valence-electron chi connectivity index (χ2n) is 3.40. The van der Waals surface area contributed by atoms with Gasteiger partial charge < -0.3 is 5.32 Å². The van der Waals surface area contributed by atoms with E-state index in [4.69, 9.17) is 0 Å². The van der Waals surface area contributed by atoms with Gasteiger partial charge in [0.25, 0.3) is 5.91 Å². The predicted octanol–water partition coefficient (Wildman–Crippen LogP) is 1.55.